The van der Waals surface area contributed by atoms with E-state index in [1.54, 1.807) is 6.08 Å². The molecule has 30 heavy (non-hydrogen) atoms. The third-order valence-electron chi connectivity index (χ3n) is 6.66. The van der Waals surface area contributed by atoms with Gasteiger partial charge >= 0.3 is 0 Å². The molecule has 0 N–H and O–H groups in total. The number of hydrogen-bond acceptors (Lipinski definition) is 4. The summed E-state index contributed by atoms with van der Waals surface area (Å²) in [4.78, 5) is 32.5. The highest BCUT2D eigenvalue weighted by molar-refractivity contribution is 7.99. The van der Waals surface area contributed by atoms with Crippen LogP contribution < -0.4 is 0 Å². The van der Waals surface area contributed by atoms with Crippen LogP contribution in [-0.4, -0.2) is 83.3 Å². The van der Waals surface area contributed by atoms with Crippen LogP contribution in [0.5, 0.6) is 0 Å². The molecule has 4 rings (SSSR count). The maximum Gasteiger partial charge on any atom is 0.246 e. The first kappa shape index (κ1) is 21.4. The summed E-state index contributed by atoms with van der Waals surface area (Å²) < 4.78 is 0. The lowest BCUT2D eigenvalue weighted by molar-refractivity contribution is -0.140. The Labute approximate surface area is 184 Å². The van der Waals surface area contributed by atoms with Gasteiger partial charge in [-0.25, -0.2) is 0 Å². The molecule has 2 heterocycles. The smallest absolute Gasteiger partial charge is 0.246 e. The molecular weight excluding hydrogens is 394 g/mol. The normalized spacial score (nSPS) is 22.5. The fourth-order valence-corrected chi connectivity index (χ4v) is 5.86. The maximum absolute atomic E-state index is 13.4. The van der Waals surface area contributed by atoms with Gasteiger partial charge in [0.1, 0.15) is 0 Å². The summed E-state index contributed by atoms with van der Waals surface area (Å²) in [6, 6.07) is 9.93. The molecule has 0 bridgehead atoms. The number of rotatable bonds is 5. The van der Waals surface area contributed by atoms with Crippen LogP contribution >= 0.6 is 11.8 Å². The summed E-state index contributed by atoms with van der Waals surface area (Å²) in [6.07, 6.45) is 8.37. The second-order valence-electron chi connectivity index (χ2n) is 8.53. The van der Waals surface area contributed by atoms with E-state index in [4.69, 9.17) is 0 Å². The fraction of sp³-hybridized carbons (Fsp3) is 0.583. The van der Waals surface area contributed by atoms with Gasteiger partial charge < -0.3 is 9.80 Å². The number of carbonyl (C=O) groups is 2. The van der Waals surface area contributed by atoms with Crippen molar-refractivity contribution >= 4 is 29.7 Å². The van der Waals surface area contributed by atoms with Gasteiger partial charge in [-0.1, -0.05) is 43.2 Å². The molecule has 1 saturated carbocycles. The lowest BCUT2D eigenvalue weighted by Crippen LogP contribution is -2.59. The van der Waals surface area contributed by atoms with Gasteiger partial charge in [0.15, 0.2) is 0 Å². The molecule has 0 aromatic heterocycles. The highest BCUT2D eigenvalue weighted by Gasteiger charge is 2.39. The van der Waals surface area contributed by atoms with Crippen molar-refractivity contribution in [2.24, 2.45) is 5.92 Å². The molecule has 2 saturated heterocycles. The largest absolute Gasteiger partial charge is 0.340 e. The Morgan fingerprint density at radius 3 is 2.23 bits per heavy atom. The summed E-state index contributed by atoms with van der Waals surface area (Å²) in [5.74, 6) is 2.99. The van der Waals surface area contributed by atoms with Gasteiger partial charge in [-0.3, -0.25) is 14.5 Å². The lowest BCUT2D eigenvalue weighted by atomic mass is 9.94. The zero-order valence-electron chi connectivity index (χ0n) is 17.7. The summed E-state index contributed by atoms with van der Waals surface area (Å²) in [7, 11) is 0. The van der Waals surface area contributed by atoms with Crippen molar-refractivity contribution in [3.05, 3.63) is 42.0 Å². The van der Waals surface area contributed by atoms with Crippen molar-refractivity contribution in [1.82, 2.24) is 14.7 Å². The fourth-order valence-electron chi connectivity index (χ4n) is 4.96. The van der Waals surface area contributed by atoms with Crippen molar-refractivity contribution in [2.45, 2.75) is 31.7 Å². The number of amides is 2. The second kappa shape index (κ2) is 10.5. The third kappa shape index (κ3) is 5.27. The van der Waals surface area contributed by atoms with Crippen molar-refractivity contribution in [3.63, 3.8) is 0 Å². The van der Waals surface area contributed by atoms with Crippen LogP contribution in [0.15, 0.2) is 36.4 Å². The Bertz CT molecular complexity index is 734. The van der Waals surface area contributed by atoms with Gasteiger partial charge in [0.05, 0.1) is 6.04 Å². The highest BCUT2D eigenvalue weighted by atomic mass is 32.2. The number of nitrogens with zero attached hydrogens (tertiary/aromatic N) is 3. The first-order chi connectivity index (χ1) is 14.7. The van der Waals surface area contributed by atoms with Crippen molar-refractivity contribution in [2.75, 3.05) is 50.8 Å². The van der Waals surface area contributed by atoms with E-state index >= 15 is 0 Å². The van der Waals surface area contributed by atoms with E-state index in [1.807, 2.05) is 53.1 Å². The molecule has 0 spiro atoms. The summed E-state index contributed by atoms with van der Waals surface area (Å²) in [6.45, 7) is 4.75. The SMILES string of the molecule is O=C(C=Cc1ccccc1)N1CCN(C(C(=O)N2CCSCC2)C2CCCC2)CC1. The van der Waals surface area contributed by atoms with Crippen LogP contribution in [0, 0.1) is 5.92 Å². The van der Waals surface area contributed by atoms with Crippen molar-refractivity contribution < 1.29 is 9.59 Å². The minimum absolute atomic E-state index is 0.00714. The van der Waals surface area contributed by atoms with E-state index in [0.717, 1.165) is 56.1 Å². The molecule has 162 valence electrons. The number of thioether (sulfide) groups is 1. The Hall–Kier alpha value is -1.79. The predicted octanol–water partition coefficient (Wildman–Crippen LogP) is 2.98. The van der Waals surface area contributed by atoms with Crippen LogP contribution in [0.2, 0.25) is 0 Å². The molecule has 0 radical (unpaired) electrons. The first-order valence-electron chi connectivity index (χ1n) is 11.3. The topological polar surface area (TPSA) is 43.9 Å². The van der Waals surface area contributed by atoms with Crippen molar-refractivity contribution in [1.29, 1.82) is 0 Å². The van der Waals surface area contributed by atoms with Gasteiger partial charge in [0.25, 0.3) is 0 Å². The number of carbonyl (C=O) groups excluding carboxylic acids is 2. The molecule has 1 atom stereocenters. The molecule has 3 aliphatic rings. The molecule has 1 aromatic rings. The van der Waals surface area contributed by atoms with Crippen molar-refractivity contribution in [3.8, 4) is 0 Å². The van der Waals surface area contributed by atoms with Gasteiger partial charge in [-0.05, 0) is 30.4 Å². The second-order valence-corrected chi connectivity index (χ2v) is 9.76. The number of piperazine rings is 1. The van der Waals surface area contributed by atoms with E-state index in [1.165, 1.54) is 12.8 Å². The minimum atomic E-state index is 0.00714. The quantitative estimate of drug-likeness (QED) is 0.678. The molecule has 1 unspecified atom stereocenters. The Balaban J connectivity index is 1.36. The third-order valence-corrected chi connectivity index (χ3v) is 7.60. The van der Waals surface area contributed by atoms with Crippen LogP contribution in [0.1, 0.15) is 31.2 Å². The summed E-state index contributed by atoms with van der Waals surface area (Å²) in [5, 5.41) is 0. The summed E-state index contributed by atoms with van der Waals surface area (Å²) >= 11 is 1.94. The van der Waals surface area contributed by atoms with E-state index in [-0.39, 0.29) is 11.9 Å². The van der Waals surface area contributed by atoms with E-state index in [2.05, 4.69) is 9.80 Å². The molecule has 3 fully saturated rings. The molecule has 2 aliphatic heterocycles. The Morgan fingerprint density at radius 2 is 1.57 bits per heavy atom. The zero-order chi connectivity index (χ0) is 20.8. The number of hydrogen-bond donors (Lipinski definition) is 0. The first-order valence-corrected chi connectivity index (χ1v) is 12.5. The molecule has 2 amide bonds. The van der Waals surface area contributed by atoms with Crippen LogP contribution in [0.25, 0.3) is 6.08 Å². The zero-order valence-corrected chi connectivity index (χ0v) is 18.6. The maximum atomic E-state index is 13.4. The number of benzene rings is 1. The Kier molecular flexibility index (Phi) is 7.50. The molecular formula is C24H33N3O2S. The van der Waals surface area contributed by atoms with Crippen LogP contribution in [0.4, 0.5) is 0 Å². The predicted molar refractivity (Wildman–Crippen MR) is 123 cm³/mol. The van der Waals surface area contributed by atoms with Gasteiger partial charge in [0.2, 0.25) is 11.8 Å². The lowest BCUT2D eigenvalue weighted by Gasteiger charge is -2.42. The van der Waals surface area contributed by atoms with E-state index in [0.29, 0.717) is 24.9 Å². The highest BCUT2D eigenvalue weighted by Crippen LogP contribution is 2.32. The Morgan fingerprint density at radius 1 is 0.900 bits per heavy atom. The standard InChI is InChI=1S/C24H33N3O2S/c28-22(11-10-20-6-2-1-3-7-20)25-12-14-26(15-13-25)23(21-8-4-5-9-21)24(29)27-16-18-30-19-17-27/h1-3,6-7,10-11,21,23H,4-5,8-9,12-19H2. The average Bonchev–Trinajstić information content (AvgIpc) is 3.34. The summed E-state index contributed by atoms with van der Waals surface area (Å²) in [5.41, 5.74) is 1.04. The van der Waals surface area contributed by atoms with Crippen LogP contribution in [0.3, 0.4) is 0 Å². The average molecular weight is 428 g/mol. The van der Waals surface area contributed by atoms with E-state index in [9.17, 15) is 9.59 Å². The molecule has 5 nitrogen and oxygen atoms in total. The van der Waals surface area contributed by atoms with Gasteiger partial charge in [-0.15, -0.1) is 0 Å². The minimum Gasteiger partial charge on any atom is -0.340 e. The van der Waals surface area contributed by atoms with Crippen LogP contribution in [-0.2, 0) is 9.59 Å². The monoisotopic (exact) mass is 427 g/mol. The van der Waals surface area contributed by atoms with Gasteiger partial charge in [-0.2, -0.15) is 11.8 Å². The van der Waals surface area contributed by atoms with Gasteiger partial charge in [0, 0.05) is 56.9 Å². The molecule has 1 aliphatic carbocycles. The van der Waals surface area contributed by atoms with E-state index < -0.39 is 0 Å². The molecule has 6 heteroatoms. The molecule has 1 aromatic carbocycles.